The van der Waals surface area contributed by atoms with Gasteiger partial charge in [0.25, 0.3) is 0 Å². The van der Waals surface area contributed by atoms with Crippen LogP contribution in [0.25, 0.3) is 0 Å². The Morgan fingerprint density at radius 1 is 1.19 bits per heavy atom. The number of carbonyl (C=O) groups excluding carboxylic acids is 1. The largest absolute Gasteiger partial charge is 0.381 e. The van der Waals surface area contributed by atoms with Crippen LogP contribution in [-0.4, -0.2) is 56.7 Å². The highest BCUT2D eigenvalue weighted by Gasteiger charge is 2.20. The van der Waals surface area contributed by atoms with E-state index in [9.17, 15) is 4.79 Å². The molecule has 26 heavy (non-hydrogen) atoms. The monoisotopic (exact) mass is 360 g/mol. The number of aliphatic imine (C=N–C) groups is 1. The summed E-state index contributed by atoms with van der Waals surface area (Å²) in [6, 6.07) is 8.34. The van der Waals surface area contributed by atoms with Crippen molar-refractivity contribution in [3.63, 3.8) is 0 Å². The molecule has 2 N–H and O–H groups in total. The maximum absolute atomic E-state index is 12.5. The highest BCUT2D eigenvalue weighted by Crippen LogP contribution is 2.18. The molecule has 1 aromatic carbocycles. The van der Waals surface area contributed by atoms with Crippen molar-refractivity contribution in [3.8, 4) is 0 Å². The maximum Gasteiger partial charge on any atom is 0.242 e. The fraction of sp³-hybridized carbons (Fsp3) is 0.600. The molecule has 0 fully saturated rings. The van der Waals surface area contributed by atoms with Crippen LogP contribution in [0.5, 0.6) is 0 Å². The lowest BCUT2D eigenvalue weighted by Gasteiger charge is -2.29. The molecule has 6 nitrogen and oxygen atoms in total. The first kappa shape index (κ1) is 20.2. The Hall–Kier alpha value is -2.08. The third-order valence-electron chi connectivity index (χ3n) is 4.51. The number of guanidine groups is 1. The lowest BCUT2D eigenvalue weighted by Crippen LogP contribution is -2.46. The molecular weight excluding hydrogens is 328 g/mol. The number of nitrogens with zero attached hydrogens (tertiary/aromatic N) is 2. The topological polar surface area (TPSA) is 66.0 Å². The minimum absolute atomic E-state index is 0.102. The number of hydrogen-bond donors (Lipinski definition) is 2. The van der Waals surface area contributed by atoms with Gasteiger partial charge in [0.2, 0.25) is 5.91 Å². The summed E-state index contributed by atoms with van der Waals surface area (Å²) >= 11 is 0. The Morgan fingerprint density at radius 2 is 1.96 bits per heavy atom. The van der Waals surface area contributed by atoms with Gasteiger partial charge < -0.3 is 20.3 Å². The molecule has 0 aromatic heterocycles. The Kier molecular flexibility index (Phi) is 8.96. The molecule has 0 aliphatic carbocycles. The number of carbonyl (C=O) groups is 1. The smallest absolute Gasteiger partial charge is 0.242 e. The van der Waals surface area contributed by atoms with Gasteiger partial charge >= 0.3 is 0 Å². The first-order valence-electron chi connectivity index (χ1n) is 9.61. The zero-order chi connectivity index (χ0) is 18.6. The van der Waals surface area contributed by atoms with E-state index in [0.29, 0.717) is 12.5 Å². The fourth-order valence-corrected chi connectivity index (χ4v) is 2.93. The Labute approximate surface area is 157 Å². The number of benzene rings is 1. The molecule has 6 heteroatoms. The van der Waals surface area contributed by atoms with Crippen LogP contribution in [0, 0.1) is 0 Å². The van der Waals surface area contributed by atoms with Crippen molar-refractivity contribution < 1.29 is 9.53 Å². The molecule has 0 unspecified atom stereocenters. The van der Waals surface area contributed by atoms with Crippen molar-refractivity contribution in [2.45, 2.75) is 39.2 Å². The van der Waals surface area contributed by atoms with Crippen molar-refractivity contribution in [3.05, 3.63) is 35.4 Å². The molecule has 0 radical (unpaired) electrons. The van der Waals surface area contributed by atoms with Gasteiger partial charge in [-0.15, -0.1) is 0 Å². The van der Waals surface area contributed by atoms with E-state index >= 15 is 0 Å². The quantitative estimate of drug-likeness (QED) is 0.401. The Bertz CT molecular complexity index is 589. The minimum atomic E-state index is 0.102. The molecule has 0 bridgehead atoms. The van der Waals surface area contributed by atoms with Crippen LogP contribution in [0.2, 0.25) is 0 Å². The summed E-state index contributed by atoms with van der Waals surface area (Å²) < 4.78 is 5.53. The highest BCUT2D eigenvalue weighted by molar-refractivity contribution is 5.86. The SMILES string of the molecule is CCCCOCCCNC(=NC)NCC(=O)N1CCc2ccccc2C1. The lowest BCUT2D eigenvalue weighted by molar-refractivity contribution is -0.130. The third kappa shape index (κ3) is 6.67. The zero-order valence-electron chi connectivity index (χ0n) is 16.1. The summed E-state index contributed by atoms with van der Waals surface area (Å²) in [6.07, 6.45) is 4.11. The van der Waals surface area contributed by atoms with E-state index in [0.717, 1.165) is 52.0 Å². The normalized spacial score (nSPS) is 14.1. The first-order chi connectivity index (χ1) is 12.7. The van der Waals surface area contributed by atoms with Crippen molar-refractivity contribution in [2.24, 2.45) is 4.99 Å². The highest BCUT2D eigenvalue weighted by atomic mass is 16.5. The summed E-state index contributed by atoms with van der Waals surface area (Å²) in [5, 5.41) is 6.33. The van der Waals surface area contributed by atoms with Gasteiger partial charge in [0.1, 0.15) is 0 Å². The molecule has 1 aliphatic heterocycles. The second-order valence-electron chi connectivity index (χ2n) is 6.51. The summed E-state index contributed by atoms with van der Waals surface area (Å²) in [7, 11) is 1.72. The minimum Gasteiger partial charge on any atom is -0.381 e. The van der Waals surface area contributed by atoms with Crippen LogP contribution in [-0.2, 0) is 22.5 Å². The van der Waals surface area contributed by atoms with E-state index < -0.39 is 0 Å². The number of fused-ring (bicyclic) bond motifs is 1. The van der Waals surface area contributed by atoms with Gasteiger partial charge in [-0.05, 0) is 30.4 Å². The van der Waals surface area contributed by atoms with Crippen molar-refractivity contribution in [1.82, 2.24) is 15.5 Å². The average molecular weight is 361 g/mol. The molecule has 1 aliphatic rings. The predicted molar refractivity (Wildman–Crippen MR) is 105 cm³/mol. The van der Waals surface area contributed by atoms with Gasteiger partial charge in [0, 0.05) is 39.9 Å². The fourth-order valence-electron chi connectivity index (χ4n) is 2.93. The number of ether oxygens (including phenoxy) is 1. The average Bonchev–Trinajstić information content (AvgIpc) is 2.69. The number of nitrogens with one attached hydrogen (secondary N) is 2. The molecule has 1 amide bonds. The third-order valence-corrected chi connectivity index (χ3v) is 4.51. The van der Waals surface area contributed by atoms with Crippen LogP contribution in [0.15, 0.2) is 29.3 Å². The lowest BCUT2D eigenvalue weighted by atomic mass is 10.00. The molecule has 0 saturated carbocycles. The van der Waals surface area contributed by atoms with Crippen LogP contribution in [0.4, 0.5) is 0 Å². The van der Waals surface area contributed by atoms with Crippen molar-refractivity contribution >= 4 is 11.9 Å². The first-order valence-corrected chi connectivity index (χ1v) is 9.61. The molecule has 144 valence electrons. The second-order valence-corrected chi connectivity index (χ2v) is 6.51. The molecule has 0 atom stereocenters. The molecule has 0 spiro atoms. The summed E-state index contributed by atoms with van der Waals surface area (Å²) in [6.45, 7) is 6.24. The second kappa shape index (κ2) is 11.5. The van der Waals surface area contributed by atoms with Crippen molar-refractivity contribution in [1.29, 1.82) is 0 Å². The van der Waals surface area contributed by atoms with Gasteiger partial charge in [-0.2, -0.15) is 0 Å². The van der Waals surface area contributed by atoms with E-state index in [-0.39, 0.29) is 12.5 Å². The molecule has 1 heterocycles. The van der Waals surface area contributed by atoms with Gasteiger partial charge in [-0.1, -0.05) is 37.6 Å². The van der Waals surface area contributed by atoms with E-state index in [2.05, 4.69) is 40.7 Å². The Morgan fingerprint density at radius 3 is 2.73 bits per heavy atom. The Balaban J connectivity index is 1.64. The number of rotatable bonds is 9. The zero-order valence-corrected chi connectivity index (χ0v) is 16.1. The number of hydrogen-bond acceptors (Lipinski definition) is 3. The molecule has 1 aromatic rings. The van der Waals surface area contributed by atoms with Crippen LogP contribution in [0.3, 0.4) is 0 Å². The summed E-state index contributed by atoms with van der Waals surface area (Å²) in [4.78, 5) is 18.5. The molecule has 2 rings (SSSR count). The summed E-state index contributed by atoms with van der Waals surface area (Å²) in [5.74, 6) is 0.759. The van der Waals surface area contributed by atoms with E-state index in [4.69, 9.17) is 4.74 Å². The van der Waals surface area contributed by atoms with E-state index in [1.807, 2.05) is 11.0 Å². The molecular formula is C20H32N4O2. The number of amides is 1. The maximum atomic E-state index is 12.5. The van der Waals surface area contributed by atoms with Gasteiger partial charge in [0.05, 0.1) is 6.54 Å². The van der Waals surface area contributed by atoms with Crippen LogP contribution in [0.1, 0.15) is 37.3 Å². The van der Waals surface area contributed by atoms with Gasteiger partial charge in [-0.3, -0.25) is 9.79 Å². The van der Waals surface area contributed by atoms with Gasteiger partial charge in [-0.25, -0.2) is 0 Å². The van der Waals surface area contributed by atoms with E-state index in [1.165, 1.54) is 11.1 Å². The van der Waals surface area contributed by atoms with Gasteiger partial charge in [0.15, 0.2) is 5.96 Å². The standard InChI is InChI=1S/C20H32N4O2/c1-3-4-13-26-14-7-11-22-20(21-2)23-15-19(25)24-12-10-17-8-5-6-9-18(17)16-24/h5-6,8-9H,3-4,7,10-16H2,1-2H3,(H2,21,22,23). The van der Waals surface area contributed by atoms with Crippen LogP contribution < -0.4 is 10.6 Å². The van der Waals surface area contributed by atoms with E-state index in [1.54, 1.807) is 7.05 Å². The predicted octanol–water partition coefficient (Wildman–Crippen LogP) is 1.94. The molecule has 0 saturated heterocycles. The summed E-state index contributed by atoms with van der Waals surface area (Å²) in [5.41, 5.74) is 2.60. The number of unbranched alkanes of at least 4 members (excludes halogenated alkanes) is 1. The van der Waals surface area contributed by atoms with Crippen LogP contribution >= 0.6 is 0 Å². The van der Waals surface area contributed by atoms with Crippen molar-refractivity contribution in [2.75, 3.05) is 39.9 Å².